The minimum absolute atomic E-state index is 0.705. The van der Waals surface area contributed by atoms with Gasteiger partial charge in [-0.1, -0.05) is 13.3 Å². The second kappa shape index (κ2) is 9.12. The second-order valence-corrected chi connectivity index (χ2v) is 7.34. The Hall–Kier alpha value is -0.120. The first kappa shape index (κ1) is 17.2. The van der Waals surface area contributed by atoms with Gasteiger partial charge in [0, 0.05) is 12.1 Å². The molecule has 124 valence electrons. The van der Waals surface area contributed by atoms with Crippen molar-refractivity contribution in [3.63, 3.8) is 0 Å². The molecule has 0 spiro atoms. The molecule has 21 heavy (non-hydrogen) atoms. The number of rotatable bonds is 7. The number of piperidine rings is 2. The van der Waals surface area contributed by atoms with E-state index in [1.807, 2.05) is 0 Å². The highest BCUT2D eigenvalue weighted by molar-refractivity contribution is 4.81. The lowest BCUT2D eigenvalue weighted by molar-refractivity contribution is 0.126. The molecule has 2 saturated heterocycles. The summed E-state index contributed by atoms with van der Waals surface area (Å²) in [6.45, 7) is 11.1. The van der Waals surface area contributed by atoms with E-state index >= 15 is 0 Å². The van der Waals surface area contributed by atoms with E-state index < -0.39 is 0 Å². The molecule has 1 N–H and O–H groups in total. The SMILES string of the molecule is CCCNC(C)C1CCN(CCC2CCCCN2C)CC1. The van der Waals surface area contributed by atoms with Crippen LogP contribution in [0.2, 0.25) is 0 Å². The van der Waals surface area contributed by atoms with Crippen molar-refractivity contribution in [2.24, 2.45) is 5.92 Å². The van der Waals surface area contributed by atoms with Gasteiger partial charge in [-0.25, -0.2) is 0 Å². The van der Waals surface area contributed by atoms with Gasteiger partial charge in [-0.3, -0.25) is 0 Å². The van der Waals surface area contributed by atoms with Gasteiger partial charge in [-0.15, -0.1) is 0 Å². The number of hydrogen-bond donors (Lipinski definition) is 1. The van der Waals surface area contributed by atoms with Crippen LogP contribution in [0.1, 0.15) is 58.8 Å². The van der Waals surface area contributed by atoms with Crippen molar-refractivity contribution in [3.05, 3.63) is 0 Å². The Bertz CT molecular complexity index is 274. The summed E-state index contributed by atoms with van der Waals surface area (Å²) in [6.07, 6.45) is 9.67. The van der Waals surface area contributed by atoms with Crippen LogP contribution in [0.15, 0.2) is 0 Å². The number of nitrogens with zero attached hydrogens (tertiary/aromatic N) is 2. The molecule has 2 atom stereocenters. The molecule has 2 rings (SSSR count). The average molecular weight is 296 g/mol. The molecule has 0 aromatic carbocycles. The second-order valence-electron chi connectivity index (χ2n) is 7.34. The van der Waals surface area contributed by atoms with Crippen LogP contribution in [0.25, 0.3) is 0 Å². The highest BCUT2D eigenvalue weighted by Gasteiger charge is 2.25. The molecule has 3 nitrogen and oxygen atoms in total. The Morgan fingerprint density at radius 2 is 1.86 bits per heavy atom. The predicted octanol–water partition coefficient (Wildman–Crippen LogP) is 2.96. The molecule has 3 heteroatoms. The fraction of sp³-hybridized carbons (Fsp3) is 1.00. The van der Waals surface area contributed by atoms with Crippen LogP contribution >= 0.6 is 0 Å². The van der Waals surface area contributed by atoms with Gasteiger partial charge >= 0.3 is 0 Å². The van der Waals surface area contributed by atoms with Gasteiger partial charge in [0.1, 0.15) is 0 Å². The van der Waals surface area contributed by atoms with Crippen molar-refractivity contribution in [3.8, 4) is 0 Å². The summed E-state index contributed by atoms with van der Waals surface area (Å²) in [4.78, 5) is 5.30. The van der Waals surface area contributed by atoms with Gasteiger partial charge in [-0.2, -0.15) is 0 Å². The van der Waals surface area contributed by atoms with Crippen molar-refractivity contribution in [1.82, 2.24) is 15.1 Å². The zero-order chi connectivity index (χ0) is 15.1. The molecular weight excluding hydrogens is 258 g/mol. The predicted molar refractivity (Wildman–Crippen MR) is 91.8 cm³/mol. The summed E-state index contributed by atoms with van der Waals surface area (Å²) >= 11 is 0. The van der Waals surface area contributed by atoms with Gasteiger partial charge in [-0.05, 0) is 91.1 Å². The molecule has 2 aliphatic rings. The molecule has 0 aromatic rings. The van der Waals surface area contributed by atoms with E-state index in [0.717, 1.165) is 12.0 Å². The third-order valence-electron chi connectivity index (χ3n) is 5.76. The molecular formula is C18H37N3. The molecule has 2 fully saturated rings. The minimum atomic E-state index is 0.705. The van der Waals surface area contributed by atoms with Crippen molar-refractivity contribution in [1.29, 1.82) is 0 Å². The van der Waals surface area contributed by atoms with Crippen LogP contribution in [0.5, 0.6) is 0 Å². The van der Waals surface area contributed by atoms with Gasteiger partial charge in [0.2, 0.25) is 0 Å². The average Bonchev–Trinajstić information content (AvgIpc) is 2.52. The standard InChI is InChI=1S/C18H37N3/c1-4-11-19-16(2)17-8-13-21(14-9-17)15-10-18-7-5-6-12-20(18)3/h16-19H,4-15H2,1-3H3. The number of nitrogens with one attached hydrogen (secondary N) is 1. The van der Waals surface area contributed by atoms with Crippen LogP contribution in [0, 0.1) is 5.92 Å². The quantitative estimate of drug-likeness (QED) is 0.779. The first-order valence-electron chi connectivity index (χ1n) is 9.36. The Kier molecular flexibility index (Phi) is 7.48. The van der Waals surface area contributed by atoms with Gasteiger partial charge in [0.25, 0.3) is 0 Å². The summed E-state index contributed by atoms with van der Waals surface area (Å²) < 4.78 is 0. The first-order valence-corrected chi connectivity index (χ1v) is 9.36. The van der Waals surface area contributed by atoms with E-state index in [-0.39, 0.29) is 0 Å². The molecule has 2 unspecified atom stereocenters. The lowest BCUT2D eigenvalue weighted by atomic mass is 9.90. The highest BCUT2D eigenvalue weighted by Crippen LogP contribution is 2.23. The molecule has 0 aliphatic carbocycles. The summed E-state index contributed by atoms with van der Waals surface area (Å²) in [7, 11) is 2.32. The first-order chi connectivity index (χ1) is 10.2. The smallest absolute Gasteiger partial charge is 0.0104 e. The maximum atomic E-state index is 3.68. The topological polar surface area (TPSA) is 18.5 Å². The molecule has 0 amide bonds. The fourth-order valence-electron chi connectivity index (χ4n) is 4.06. The Balaban J connectivity index is 1.62. The van der Waals surface area contributed by atoms with E-state index in [1.54, 1.807) is 0 Å². The van der Waals surface area contributed by atoms with E-state index in [1.165, 1.54) is 77.7 Å². The van der Waals surface area contributed by atoms with Crippen molar-refractivity contribution < 1.29 is 0 Å². The van der Waals surface area contributed by atoms with E-state index in [4.69, 9.17) is 0 Å². The van der Waals surface area contributed by atoms with Crippen LogP contribution in [0.4, 0.5) is 0 Å². The number of likely N-dealkylation sites (tertiary alicyclic amines) is 2. The molecule has 0 saturated carbocycles. The van der Waals surface area contributed by atoms with E-state index in [2.05, 4.69) is 36.0 Å². The lowest BCUT2D eigenvalue weighted by Crippen LogP contribution is -2.44. The van der Waals surface area contributed by atoms with Crippen molar-refractivity contribution in [2.75, 3.05) is 39.8 Å². The molecule has 2 aliphatic heterocycles. The van der Waals surface area contributed by atoms with E-state index in [0.29, 0.717) is 6.04 Å². The highest BCUT2D eigenvalue weighted by atomic mass is 15.2. The van der Waals surface area contributed by atoms with Gasteiger partial charge < -0.3 is 15.1 Å². The monoisotopic (exact) mass is 295 g/mol. The summed E-state index contributed by atoms with van der Waals surface area (Å²) in [6, 6.07) is 1.55. The Labute approximate surface area is 132 Å². The van der Waals surface area contributed by atoms with Crippen molar-refractivity contribution >= 4 is 0 Å². The maximum absolute atomic E-state index is 3.68. The Morgan fingerprint density at radius 3 is 2.52 bits per heavy atom. The molecule has 0 aromatic heterocycles. The lowest BCUT2D eigenvalue weighted by Gasteiger charge is -2.37. The molecule has 0 bridgehead atoms. The molecule has 0 radical (unpaired) electrons. The van der Waals surface area contributed by atoms with Crippen LogP contribution in [-0.4, -0.2) is 61.7 Å². The van der Waals surface area contributed by atoms with Gasteiger partial charge in [0.15, 0.2) is 0 Å². The maximum Gasteiger partial charge on any atom is 0.0104 e. The minimum Gasteiger partial charge on any atom is -0.314 e. The normalized spacial score (nSPS) is 27.9. The zero-order valence-corrected chi connectivity index (χ0v) is 14.6. The largest absolute Gasteiger partial charge is 0.314 e. The summed E-state index contributed by atoms with van der Waals surface area (Å²) in [5, 5.41) is 3.68. The fourth-order valence-corrected chi connectivity index (χ4v) is 4.06. The Morgan fingerprint density at radius 1 is 1.10 bits per heavy atom. The van der Waals surface area contributed by atoms with Crippen LogP contribution in [0.3, 0.4) is 0 Å². The zero-order valence-electron chi connectivity index (χ0n) is 14.6. The summed E-state index contributed by atoms with van der Waals surface area (Å²) in [5.41, 5.74) is 0. The number of hydrogen-bond acceptors (Lipinski definition) is 3. The van der Waals surface area contributed by atoms with Crippen LogP contribution < -0.4 is 5.32 Å². The third kappa shape index (κ3) is 5.54. The van der Waals surface area contributed by atoms with Crippen molar-refractivity contribution in [2.45, 2.75) is 70.9 Å². The van der Waals surface area contributed by atoms with Gasteiger partial charge in [0.05, 0.1) is 0 Å². The van der Waals surface area contributed by atoms with E-state index in [9.17, 15) is 0 Å². The van der Waals surface area contributed by atoms with Crippen LogP contribution in [-0.2, 0) is 0 Å². The summed E-state index contributed by atoms with van der Waals surface area (Å²) in [5.74, 6) is 0.894. The third-order valence-corrected chi connectivity index (χ3v) is 5.76. The molecule has 2 heterocycles.